The number of hydrogen-bond acceptors (Lipinski definition) is 4. The van der Waals surface area contributed by atoms with Gasteiger partial charge >= 0.3 is 0 Å². The molecule has 1 amide bonds. The highest BCUT2D eigenvalue weighted by atomic mass is 35.5. The Labute approximate surface area is 143 Å². The average Bonchev–Trinajstić information content (AvgIpc) is 2.80. The highest BCUT2D eigenvalue weighted by Gasteiger charge is 2.18. The van der Waals surface area contributed by atoms with Crippen LogP contribution in [0, 0.1) is 13.8 Å². The first-order valence-corrected chi connectivity index (χ1v) is 7.49. The fourth-order valence-corrected chi connectivity index (χ4v) is 2.46. The Morgan fingerprint density at radius 3 is 2.48 bits per heavy atom. The summed E-state index contributed by atoms with van der Waals surface area (Å²) in [6.45, 7) is 5.74. The second-order valence-corrected chi connectivity index (χ2v) is 5.71. The van der Waals surface area contributed by atoms with Gasteiger partial charge < -0.3 is 15.6 Å². The summed E-state index contributed by atoms with van der Waals surface area (Å²) in [5, 5.41) is 6.89. The third-order valence-electron chi connectivity index (χ3n) is 3.72. The van der Waals surface area contributed by atoms with E-state index >= 15 is 0 Å². The van der Waals surface area contributed by atoms with Gasteiger partial charge in [-0.05, 0) is 39.2 Å². The van der Waals surface area contributed by atoms with Gasteiger partial charge in [0.15, 0.2) is 0 Å². The highest BCUT2D eigenvalue weighted by molar-refractivity contribution is 5.85. The number of amides is 1. The molecule has 5 nitrogen and oxygen atoms in total. The number of nitrogens with one attached hydrogen (secondary N) is 1. The topological polar surface area (TPSA) is 81.2 Å². The normalized spacial score (nSPS) is 13.0. The van der Waals surface area contributed by atoms with Crippen molar-refractivity contribution in [3.8, 4) is 0 Å². The molecular formula is C17H24ClN3O2. The van der Waals surface area contributed by atoms with E-state index in [2.05, 4.69) is 10.5 Å². The zero-order valence-corrected chi connectivity index (χ0v) is 14.5. The zero-order valence-electron chi connectivity index (χ0n) is 13.7. The van der Waals surface area contributed by atoms with Crippen LogP contribution in [0.1, 0.15) is 29.5 Å². The van der Waals surface area contributed by atoms with Crippen LogP contribution in [0.15, 0.2) is 34.9 Å². The molecule has 1 aromatic heterocycles. The molecule has 0 radical (unpaired) electrons. The summed E-state index contributed by atoms with van der Waals surface area (Å²) in [6.07, 6.45) is 1.22. The minimum absolute atomic E-state index is 0. The Morgan fingerprint density at radius 1 is 1.26 bits per heavy atom. The molecule has 0 bridgehead atoms. The van der Waals surface area contributed by atoms with Gasteiger partial charge in [-0.25, -0.2) is 0 Å². The number of nitrogens with two attached hydrogens (primary N) is 1. The number of carbonyl (C=O) groups is 1. The lowest BCUT2D eigenvalue weighted by molar-refractivity contribution is -0.122. The molecule has 1 aromatic carbocycles. The highest BCUT2D eigenvalue weighted by Crippen LogP contribution is 2.14. The van der Waals surface area contributed by atoms with Gasteiger partial charge in [-0.15, -0.1) is 12.4 Å². The second-order valence-electron chi connectivity index (χ2n) is 5.71. The molecule has 3 N–H and O–H groups in total. The molecule has 6 heteroatoms. The van der Waals surface area contributed by atoms with E-state index in [1.165, 1.54) is 0 Å². The van der Waals surface area contributed by atoms with E-state index in [4.69, 9.17) is 10.3 Å². The molecule has 0 saturated heterocycles. The van der Waals surface area contributed by atoms with Gasteiger partial charge in [0.25, 0.3) is 0 Å². The van der Waals surface area contributed by atoms with Crippen molar-refractivity contribution in [1.82, 2.24) is 10.5 Å². The first-order valence-electron chi connectivity index (χ1n) is 7.49. The Bertz CT molecular complexity index is 609. The lowest BCUT2D eigenvalue weighted by atomic mass is 10.0. The van der Waals surface area contributed by atoms with Crippen molar-refractivity contribution in [3.63, 3.8) is 0 Å². The second kappa shape index (κ2) is 8.70. The van der Waals surface area contributed by atoms with Crippen molar-refractivity contribution in [2.24, 2.45) is 5.73 Å². The summed E-state index contributed by atoms with van der Waals surface area (Å²) >= 11 is 0. The van der Waals surface area contributed by atoms with Gasteiger partial charge in [-0.1, -0.05) is 35.5 Å². The van der Waals surface area contributed by atoms with Gasteiger partial charge in [0, 0.05) is 11.6 Å². The first kappa shape index (κ1) is 19.2. The fraction of sp³-hybridized carbons (Fsp3) is 0.412. The van der Waals surface area contributed by atoms with E-state index in [9.17, 15) is 4.79 Å². The van der Waals surface area contributed by atoms with E-state index in [-0.39, 0.29) is 24.4 Å². The van der Waals surface area contributed by atoms with E-state index in [1.54, 1.807) is 0 Å². The average molecular weight is 338 g/mol. The van der Waals surface area contributed by atoms with Crippen LogP contribution >= 0.6 is 12.4 Å². The van der Waals surface area contributed by atoms with Crippen LogP contribution in [0.25, 0.3) is 0 Å². The van der Waals surface area contributed by atoms with Crippen LogP contribution in [0.3, 0.4) is 0 Å². The predicted molar refractivity (Wildman–Crippen MR) is 92.7 cm³/mol. The third kappa shape index (κ3) is 5.37. The van der Waals surface area contributed by atoms with Crippen LogP contribution in [-0.4, -0.2) is 23.1 Å². The summed E-state index contributed by atoms with van der Waals surface area (Å²) in [7, 11) is 0. The lowest BCUT2D eigenvalue weighted by Gasteiger charge is -2.17. The van der Waals surface area contributed by atoms with Crippen LogP contribution in [0.4, 0.5) is 0 Å². The maximum atomic E-state index is 12.2. The molecule has 0 aliphatic heterocycles. The summed E-state index contributed by atoms with van der Waals surface area (Å²) in [4.78, 5) is 12.2. The molecule has 0 aliphatic carbocycles. The summed E-state index contributed by atoms with van der Waals surface area (Å²) in [5.41, 5.74) is 8.96. The number of carbonyl (C=O) groups excluding carboxylic acids is 1. The minimum Gasteiger partial charge on any atom is -0.361 e. The molecule has 0 saturated carbocycles. The van der Waals surface area contributed by atoms with E-state index in [1.807, 2.05) is 51.1 Å². The number of rotatable bonds is 6. The molecule has 2 aromatic rings. The standard InChI is InChI=1S/C17H23N3O2.ClH/c1-11(9-15-12(2)20-22-13(15)3)19-17(21)16(18)10-14-7-5-4-6-8-14;/h4-8,11,16H,9-10,18H2,1-3H3,(H,19,21);1H/t11?,16-;/m0./s1. The van der Waals surface area contributed by atoms with Crippen molar-refractivity contribution in [1.29, 1.82) is 0 Å². The smallest absolute Gasteiger partial charge is 0.237 e. The number of aryl methyl sites for hydroxylation is 2. The minimum atomic E-state index is -0.547. The summed E-state index contributed by atoms with van der Waals surface area (Å²) < 4.78 is 5.14. The zero-order chi connectivity index (χ0) is 16.1. The third-order valence-corrected chi connectivity index (χ3v) is 3.72. The lowest BCUT2D eigenvalue weighted by Crippen LogP contribution is -2.46. The number of hydrogen-bond donors (Lipinski definition) is 2. The number of benzene rings is 1. The van der Waals surface area contributed by atoms with Crippen molar-refractivity contribution in [2.45, 2.75) is 45.7 Å². The Balaban J connectivity index is 0.00000264. The molecule has 1 heterocycles. The summed E-state index contributed by atoms with van der Waals surface area (Å²) in [6, 6.07) is 9.21. The number of aromatic nitrogens is 1. The monoisotopic (exact) mass is 337 g/mol. The first-order chi connectivity index (χ1) is 10.5. The maximum absolute atomic E-state index is 12.2. The van der Waals surface area contributed by atoms with Crippen LogP contribution in [-0.2, 0) is 17.6 Å². The van der Waals surface area contributed by atoms with Crippen LogP contribution < -0.4 is 11.1 Å². The quantitative estimate of drug-likeness (QED) is 0.847. The van der Waals surface area contributed by atoms with Gasteiger partial charge in [0.1, 0.15) is 5.76 Å². The van der Waals surface area contributed by atoms with Gasteiger partial charge in [-0.2, -0.15) is 0 Å². The molecule has 1 unspecified atom stereocenters. The van der Waals surface area contributed by atoms with E-state index < -0.39 is 6.04 Å². The molecular weight excluding hydrogens is 314 g/mol. The van der Waals surface area contributed by atoms with Gasteiger partial charge in [0.2, 0.25) is 5.91 Å². The molecule has 0 spiro atoms. The molecule has 126 valence electrons. The van der Waals surface area contributed by atoms with Gasteiger partial charge in [-0.3, -0.25) is 4.79 Å². The van der Waals surface area contributed by atoms with Crippen LogP contribution in [0.2, 0.25) is 0 Å². The molecule has 0 fully saturated rings. The Hall–Kier alpha value is -1.85. The van der Waals surface area contributed by atoms with E-state index in [0.29, 0.717) is 12.8 Å². The number of nitrogens with zero attached hydrogens (tertiary/aromatic N) is 1. The Kier molecular flexibility index (Phi) is 7.26. The van der Waals surface area contributed by atoms with Crippen molar-refractivity contribution in [2.75, 3.05) is 0 Å². The van der Waals surface area contributed by atoms with Crippen molar-refractivity contribution < 1.29 is 9.32 Å². The predicted octanol–water partition coefficient (Wildman–Crippen LogP) is 2.33. The summed E-state index contributed by atoms with van der Waals surface area (Å²) in [5.74, 6) is 0.662. The van der Waals surface area contributed by atoms with Crippen molar-refractivity contribution >= 4 is 18.3 Å². The largest absolute Gasteiger partial charge is 0.361 e. The molecule has 2 rings (SSSR count). The SMILES string of the molecule is Cc1noc(C)c1CC(C)NC(=O)[C@@H](N)Cc1ccccc1.Cl. The Morgan fingerprint density at radius 2 is 1.91 bits per heavy atom. The van der Waals surface area contributed by atoms with Gasteiger partial charge in [0.05, 0.1) is 11.7 Å². The van der Waals surface area contributed by atoms with Crippen molar-refractivity contribution in [3.05, 3.63) is 52.9 Å². The molecule has 2 atom stereocenters. The molecule has 23 heavy (non-hydrogen) atoms. The number of halogens is 1. The molecule has 0 aliphatic rings. The maximum Gasteiger partial charge on any atom is 0.237 e. The van der Waals surface area contributed by atoms with E-state index in [0.717, 1.165) is 22.6 Å². The van der Waals surface area contributed by atoms with Crippen LogP contribution in [0.5, 0.6) is 0 Å². The fourth-order valence-electron chi connectivity index (χ4n) is 2.46.